The zero-order valence-corrected chi connectivity index (χ0v) is 20.7. The third kappa shape index (κ3) is 9.29. The van der Waals surface area contributed by atoms with E-state index in [2.05, 4.69) is 32.2 Å². The number of aliphatic hydroxyl groups is 1. The van der Waals surface area contributed by atoms with E-state index >= 15 is 0 Å². The molecule has 5 N–H and O–H groups in total. The van der Waals surface area contributed by atoms with Gasteiger partial charge in [-0.1, -0.05) is 33.3 Å². The van der Waals surface area contributed by atoms with Gasteiger partial charge in [-0.05, 0) is 67.1 Å². The molecule has 0 saturated heterocycles. The first-order chi connectivity index (χ1) is 16.5. The van der Waals surface area contributed by atoms with Gasteiger partial charge in [0.1, 0.15) is 18.2 Å². The van der Waals surface area contributed by atoms with Crippen LogP contribution in [0.4, 0.5) is 5.69 Å². The van der Waals surface area contributed by atoms with Gasteiger partial charge in [0.15, 0.2) is 0 Å². The molecule has 9 heteroatoms. The number of aliphatic carboxylic acids is 2. The van der Waals surface area contributed by atoms with Crippen LogP contribution in [0.3, 0.4) is 0 Å². The molecule has 0 aliphatic rings. The van der Waals surface area contributed by atoms with Crippen LogP contribution in [0.15, 0.2) is 36.4 Å². The molecular formula is C26H35N3O6-2. The largest absolute Gasteiger partial charge is 0.550 e. The van der Waals surface area contributed by atoms with Gasteiger partial charge in [0.05, 0.1) is 18.6 Å². The number of nitrogen functional groups attached to an aromatic ring is 1. The predicted octanol–water partition coefficient (Wildman–Crippen LogP) is 1.47. The van der Waals surface area contributed by atoms with Gasteiger partial charge in [-0.2, -0.15) is 0 Å². The van der Waals surface area contributed by atoms with E-state index in [1.54, 1.807) is 24.3 Å². The van der Waals surface area contributed by atoms with Crippen molar-refractivity contribution in [3.8, 4) is 5.75 Å². The SMILES string of the molecule is CC(=O)[O-].CCCc1cc(C(C)CC)c(OCCO)c(C(Nc2ccc(C(=N)N)cc2)C(=O)[O-])c1. The third-order valence-electron chi connectivity index (χ3n) is 5.28. The Morgan fingerprint density at radius 3 is 2.17 bits per heavy atom. The van der Waals surface area contributed by atoms with E-state index < -0.39 is 18.0 Å². The lowest BCUT2D eigenvalue weighted by molar-refractivity contribution is -0.307. The molecule has 2 rings (SSSR count). The topological polar surface area (TPSA) is 172 Å². The Morgan fingerprint density at radius 2 is 1.71 bits per heavy atom. The fourth-order valence-electron chi connectivity index (χ4n) is 3.46. The van der Waals surface area contributed by atoms with Gasteiger partial charge in [-0.25, -0.2) is 0 Å². The lowest BCUT2D eigenvalue weighted by atomic mass is 9.89. The quantitative estimate of drug-likeness (QED) is 0.258. The maximum Gasteiger partial charge on any atom is 0.128 e. The normalized spacial score (nSPS) is 12.0. The van der Waals surface area contributed by atoms with Crippen LogP contribution < -0.4 is 26.0 Å². The average molecular weight is 486 g/mol. The number of carbonyl (C=O) groups excluding carboxylic acids is 2. The van der Waals surface area contributed by atoms with Crippen LogP contribution in [0.25, 0.3) is 0 Å². The molecule has 2 unspecified atom stereocenters. The Balaban J connectivity index is 0.00000142. The molecule has 9 nitrogen and oxygen atoms in total. The van der Waals surface area contributed by atoms with Crippen LogP contribution in [-0.2, 0) is 16.0 Å². The summed E-state index contributed by atoms with van der Waals surface area (Å²) in [6, 6.07) is 9.41. The summed E-state index contributed by atoms with van der Waals surface area (Å²) in [6.45, 7) is 7.08. The number of ether oxygens (including phenoxy) is 1. The van der Waals surface area contributed by atoms with E-state index in [0.29, 0.717) is 22.6 Å². The highest BCUT2D eigenvalue weighted by molar-refractivity contribution is 5.95. The van der Waals surface area contributed by atoms with Crippen molar-refractivity contribution in [1.29, 1.82) is 5.41 Å². The molecule has 0 radical (unpaired) electrons. The molecule has 0 saturated carbocycles. The molecule has 0 fully saturated rings. The summed E-state index contributed by atoms with van der Waals surface area (Å²) in [5.41, 5.74) is 9.03. The van der Waals surface area contributed by atoms with E-state index in [1.807, 2.05) is 6.07 Å². The van der Waals surface area contributed by atoms with Crippen molar-refractivity contribution in [3.05, 3.63) is 58.7 Å². The summed E-state index contributed by atoms with van der Waals surface area (Å²) < 4.78 is 5.87. The highest BCUT2D eigenvalue weighted by atomic mass is 16.5. The van der Waals surface area contributed by atoms with E-state index in [1.165, 1.54) is 0 Å². The van der Waals surface area contributed by atoms with Crippen molar-refractivity contribution in [3.63, 3.8) is 0 Å². The molecule has 2 atom stereocenters. The van der Waals surface area contributed by atoms with Crippen LogP contribution in [0.1, 0.15) is 74.8 Å². The number of carbonyl (C=O) groups is 2. The lowest BCUT2D eigenvalue weighted by Crippen LogP contribution is -2.35. The second-order valence-corrected chi connectivity index (χ2v) is 8.11. The van der Waals surface area contributed by atoms with Crippen LogP contribution >= 0.6 is 0 Å². The Morgan fingerprint density at radius 1 is 1.14 bits per heavy atom. The number of benzene rings is 2. The predicted molar refractivity (Wildman–Crippen MR) is 131 cm³/mol. The molecule has 0 aliphatic carbocycles. The Labute approximate surface area is 206 Å². The summed E-state index contributed by atoms with van der Waals surface area (Å²) in [5.74, 6) is -1.80. The molecule has 0 aromatic heterocycles. The maximum absolute atomic E-state index is 12.2. The van der Waals surface area contributed by atoms with Gasteiger partial charge in [0.2, 0.25) is 0 Å². The minimum Gasteiger partial charge on any atom is -0.550 e. The number of anilines is 1. The van der Waals surface area contributed by atoms with Gasteiger partial charge < -0.3 is 40.7 Å². The molecule has 35 heavy (non-hydrogen) atoms. The lowest BCUT2D eigenvalue weighted by Gasteiger charge is -2.27. The number of nitrogens with two attached hydrogens (primary N) is 1. The fourth-order valence-corrected chi connectivity index (χ4v) is 3.46. The molecule has 0 amide bonds. The van der Waals surface area contributed by atoms with Crippen LogP contribution in [-0.4, -0.2) is 36.1 Å². The van der Waals surface area contributed by atoms with Crippen molar-refractivity contribution in [1.82, 2.24) is 0 Å². The number of aliphatic hydroxyl groups excluding tert-OH is 1. The van der Waals surface area contributed by atoms with Crippen molar-refractivity contribution in [2.45, 2.75) is 58.9 Å². The molecule has 0 heterocycles. The number of nitrogens with one attached hydrogen (secondary N) is 2. The molecular weight excluding hydrogens is 450 g/mol. The summed E-state index contributed by atoms with van der Waals surface area (Å²) >= 11 is 0. The maximum atomic E-state index is 12.2. The first-order valence-corrected chi connectivity index (χ1v) is 11.5. The van der Waals surface area contributed by atoms with E-state index in [-0.39, 0.29) is 25.0 Å². The van der Waals surface area contributed by atoms with Gasteiger partial charge in [0.25, 0.3) is 0 Å². The standard InChI is InChI=1S/C24H33N3O4.C2H4O2/c1-4-6-16-13-19(15(3)5-2)22(31-12-11-28)20(14-16)21(24(29)30)27-18-9-7-17(8-10-18)23(25)26;1-2(3)4/h7-10,13-15,21,27-28H,4-6,11-12H2,1-3H3,(H3,25,26)(H,29,30);1H3,(H,3,4)/p-2. The van der Waals surface area contributed by atoms with Crippen LogP contribution in [0.2, 0.25) is 0 Å². The molecule has 0 aliphatic heterocycles. The van der Waals surface area contributed by atoms with Gasteiger partial charge >= 0.3 is 0 Å². The minimum absolute atomic E-state index is 0.0619. The number of amidine groups is 1. The third-order valence-corrected chi connectivity index (χ3v) is 5.28. The Hall–Kier alpha value is -3.59. The highest BCUT2D eigenvalue weighted by Crippen LogP contribution is 2.38. The first kappa shape index (κ1) is 29.4. The highest BCUT2D eigenvalue weighted by Gasteiger charge is 2.24. The number of hydrogen-bond acceptors (Lipinski definition) is 8. The molecule has 2 aromatic rings. The average Bonchev–Trinajstić information content (AvgIpc) is 2.80. The number of rotatable bonds is 12. The monoisotopic (exact) mass is 485 g/mol. The fraction of sp³-hybridized carbons (Fsp3) is 0.423. The van der Waals surface area contributed by atoms with Gasteiger partial charge in [-0.15, -0.1) is 0 Å². The summed E-state index contributed by atoms with van der Waals surface area (Å²) in [7, 11) is 0. The van der Waals surface area contributed by atoms with Crippen LogP contribution in [0.5, 0.6) is 5.75 Å². The number of carboxylic acids is 2. The second kappa shape index (κ2) is 14.6. The zero-order valence-electron chi connectivity index (χ0n) is 20.7. The summed E-state index contributed by atoms with van der Waals surface area (Å²) in [4.78, 5) is 21.1. The van der Waals surface area contributed by atoms with Crippen molar-refractivity contribution in [2.24, 2.45) is 5.73 Å². The van der Waals surface area contributed by atoms with E-state index in [9.17, 15) is 15.0 Å². The van der Waals surface area contributed by atoms with E-state index in [0.717, 1.165) is 37.3 Å². The van der Waals surface area contributed by atoms with Crippen molar-refractivity contribution in [2.75, 3.05) is 18.5 Å². The van der Waals surface area contributed by atoms with Crippen molar-refractivity contribution >= 4 is 23.5 Å². The Bertz CT molecular complexity index is 987. The first-order valence-electron chi connectivity index (χ1n) is 11.5. The molecule has 0 bridgehead atoms. The molecule has 192 valence electrons. The number of hydrogen-bond donors (Lipinski definition) is 4. The van der Waals surface area contributed by atoms with Crippen LogP contribution in [0, 0.1) is 5.41 Å². The van der Waals surface area contributed by atoms with Crippen molar-refractivity contribution < 1.29 is 29.6 Å². The molecule has 2 aromatic carbocycles. The Kier molecular flexibility index (Phi) is 12.3. The van der Waals surface area contributed by atoms with Gasteiger partial charge in [0, 0.05) is 22.8 Å². The number of aryl methyl sites for hydroxylation is 1. The van der Waals surface area contributed by atoms with Gasteiger partial charge in [-0.3, -0.25) is 5.41 Å². The van der Waals surface area contributed by atoms with E-state index in [4.69, 9.17) is 25.8 Å². The summed E-state index contributed by atoms with van der Waals surface area (Å²) in [5, 5.41) is 40.9. The minimum atomic E-state index is -1.28. The second-order valence-electron chi connectivity index (χ2n) is 8.11. The molecule has 0 spiro atoms. The zero-order chi connectivity index (χ0) is 26.5. The summed E-state index contributed by atoms with van der Waals surface area (Å²) in [6.07, 6.45) is 2.59. The number of carboxylic acid groups (broad SMARTS) is 2. The smallest absolute Gasteiger partial charge is 0.128 e.